The Morgan fingerprint density at radius 3 is 2.40 bits per heavy atom. The van der Waals surface area contributed by atoms with Crippen LogP contribution in [0.15, 0.2) is 9.59 Å². The van der Waals surface area contributed by atoms with Crippen LogP contribution in [0.2, 0.25) is 0 Å². The van der Waals surface area contributed by atoms with Gasteiger partial charge in [0, 0.05) is 36.2 Å². The molecular formula is C19H22F4N4O3. The number of nitrogens with zero attached hydrogens (tertiary/aromatic N) is 2. The minimum absolute atomic E-state index is 0.0470. The number of H-pyrrole nitrogens is 1. The molecule has 11 heteroatoms. The Hall–Kier alpha value is -2.40. The van der Waals surface area contributed by atoms with Gasteiger partial charge in [-0.15, -0.1) is 13.2 Å². The number of aryl methyl sites for hydroxylation is 2. The van der Waals surface area contributed by atoms with Crippen molar-refractivity contribution in [3.8, 4) is 0 Å². The second-order valence-electron chi connectivity index (χ2n) is 8.00. The van der Waals surface area contributed by atoms with Gasteiger partial charge in [0.15, 0.2) is 5.82 Å². The number of aromatic nitrogens is 2. The molecule has 2 aromatic rings. The number of nitrogens with one attached hydrogen (secondary N) is 1. The van der Waals surface area contributed by atoms with Gasteiger partial charge in [0.25, 0.3) is 5.56 Å². The predicted molar refractivity (Wildman–Crippen MR) is 102 cm³/mol. The molecule has 0 radical (unpaired) electrons. The van der Waals surface area contributed by atoms with Gasteiger partial charge in [-0.05, 0) is 33.2 Å². The summed E-state index contributed by atoms with van der Waals surface area (Å²) < 4.78 is 59.4. The van der Waals surface area contributed by atoms with E-state index >= 15 is 4.39 Å². The number of hydrogen-bond acceptors (Lipinski definition) is 5. The van der Waals surface area contributed by atoms with E-state index < -0.39 is 35.5 Å². The van der Waals surface area contributed by atoms with Crippen LogP contribution in [0.4, 0.5) is 23.2 Å². The maximum Gasteiger partial charge on any atom is 0.522 e. The van der Waals surface area contributed by atoms with E-state index in [-0.39, 0.29) is 42.3 Å². The molecule has 1 saturated heterocycles. The molecule has 4 rings (SSSR count). The molecule has 2 aliphatic rings. The predicted octanol–water partition coefficient (Wildman–Crippen LogP) is 2.08. The van der Waals surface area contributed by atoms with Gasteiger partial charge in [-0.25, -0.2) is 9.18 Å². The van der Waals surface area contributed by atoms with Gasteiger partial charge in [-0.1, -0.05) is 0 Å². The van der Waals surface area contributed by atoms with Gasteiger partial charge in [-0.2, -0.15) is 0 Å². The number of ether oxygens (including phenoxy) is 1. The standard InChI is InChI=1S/C19H22F4N4O3/c1-8-13-15(27(11-3-4-11)18(29)25-17(13)28)9(2)16(14(8)20)26-6-10(5-24)12(7-26)30-19(21,22)23/h10-12H,3-7,24H2,1-2H3,(H,25,28,29). The first kappa shape index (κ1) is 20.9. The van der Waals surface area contributed by atoms with Gasteiger partial charge < -0.3 is 10.6 Å². The zero-order valence-electron chi connectivity index (χ0n) is 16.5. The van der Waals surface area contributed by atoms with Crippen LogP contribution in [0.5, 0.6) is 0 Å². The minimum Gasteiger partial charge on any atom is -0.366 e. The molecule has 164 valence electrons. The van der Waals surface area contributed by atoms with Crippen LogP contribution in [0.25, 0.3) is 10.9 Å². The topological polar surface area (TPSA) is 93.3 Å². The number of halogens is 4. The normalized spacial score (nSPS) is 22.3. The van der Waals surface area contributed by atoms with Crippen LogP contribution in [0.3, 0.4) is 0 Å². The molecule has 1 aliphatic heterocycles. The summed E-state index contributed by atoms with van der Waals surface area (Å²) in [6, 6.07) is -0.0926. The average molecular weight is 430 g/mol. The molecule has 0 spiro atoms. The summed E-state index contributed by atoms with van der Waals surface area (Å²) in [6.07, 6.45) is -4.56. The fourth-order valence-corrected chi connectivity index (χ4v) is 4.44. The lowest BCUT2D eigenvalue weighted by Crippen LogP contribution is -2.34. The summed E-state index contributed by atoms with van der Waals surface area (Å²) in [5, 5.41) is 0.0814. The molecule has 7 nitrogen and oxygen atoms in total. The monoisotopic (exact) mass is 430 g/mol. The molecule has 1 aromatic heterocycles. The molecular weight excluding hydrogens is 408 g/mol. The molecule has 2 unspecified atom stereocenters. The van der Waals surface area contributed by atoms with E-state index in [4.69, 9.17) is 5.73 Å². The van der Waals surface area contributed by atoms with Gasteiger partial charge >= 0.3 is 12.1 Å². The van der Waals surface area contributed by atoms with E-state index in [1.54, 1.807) is 6.92 Å². The van der Waals surface area contributed by atoms with Crippen LogP contribution in [-0.4, -0.2) is 41.7 Å². The molecule has 0 bridgehead atoms. The third-order valence-electron chi connectivity index (χ3n) is 5.96. The molecule has 2 atom stereocenters. The summed E-state index contributed by atoms with van der Waals surface area (Å²) >= 11 is 0. The minimum atomic E-state index is -4.83. The van der Waals surface area contributed by atoms with Crippen molar-refractivity contribution in [2.45, 2.75) is 45.2 Å². The highest BCUT2D eigenvalue weighted by Crippen LogP contribution is 2.41. The summed E-state index contributed by atoms with van der Waals surface area (Å²) in [5.74, 6) is -1.35. The Kier molecular flexibility index (Phi) is 4.93. The van der Waals surface area contributed by atoms with E-state index in [0.717, 1.165) is 12.8 Å². The molecule has 1 aromatic carbocycles. The SMILES string of the molecule is Cc1c(F)c(N2CC(CN)C(OC(F)(F)F)C2)c(C)c2c1c(=O)[nH]c(=O)n2C1CC1. The molecule has 2 heterocycles. The number of benzene rings is 1. The summed E-state index contributed by atoms with van der Waals surface area (Å²) in [5.41, 5.74) is 5.16. The zero-order chi connectivity index (χ0) is 22.0. The van der Waals surface area contributed by atoms with Crippen LogP contribution < -0.4 is 21.9 Å². The molecule has 30 heavy (non-hydrogen) atoms. The highest BCUT2D eigenvalue weighted by atomic mass is 19.4. The van der Waals surface area contributed by atoms with Crippen LogP contribution in [-0.2, 0) is 4.74 Å². The lowest BCUT2D eigenvalue weighted by Gasteiger charge is -2.25. The van der Waals surface area contributed by atoms with Crippen molar-refractivity contribution in [2.24, 2.45) is 11.7 Å². The summed E-state index contributed by atoms with van der Waals surface area (Å²) in [7, 11) is 0. The fourth-order valence-electron chi connectivity index (χ4n) is 4.44. The fraction of sp³-hybridized carbons (Fsp3) is 0.579. The number of aromatic amines is 1. The number of nitrogens with two attached hydrogens (primary N) is 1. The van der Waals surface area contributed by atoms with E-state index in [1.807, 2.05) is 0 Å². The Morgan fingerprint density at radius 2 is 1.83 bits per heavy atom. The number of fused-ring (bicyclic) bond motifs is 1. The quantitative estimate of drug-likeness (QED) is 0.725. The van der Waals surface area contributed by atoms with E-state index in [2.05, 4.69) is 9.72 Å². The summed E-state index contributed by atoms with van der Waals surface area (Å²) in [6.45, 7) is 2.81. The van der Waals surface area contributed by atoms with E-state index in [9.17, 15) is 22.8 Å². The molecule has 2 fully saturated rings. The summed E-state index contributed by atoms with van der Waals surface area (Å²) in [4.78, 5) is 28.6. The Labute approximate surface area is 168 Å². The number of alkyl halides is 3. The van der Waals surface area contributed by atoms with Crippen LogP contribution in [0, 0.1) is 25.6 Å². The van der Waals surface area contributed by atoms with Crippen molar-refractivity contribution in [2.75, 3.05) is 24.5 Å². The third-order valence-corrected chi connectivity index (χ3v) is 5.96. The maximum atomic E-state index is 15.4. The van der Waals surface area contributed by atoms with Crippen molar-refractivity contribution in [1.82, 2.24) is 9.55 Å². The molecule has 1 aliphatic carbocycles. The highest BCUT2D eigenvalue weighted by molar-refractivity contribution is 5.90. The van der Waals surface area contributed by atoms with Gasteiger partial charge in [0.05, 0.1) is 22.7 Å². The van der Waals surface area contributed by atoms with E-state index in [0.29, 0.717) is 11.1 Å². The Bertz CT molecular complexity index is 1120. The highest BCUT2D eigenvalue weighted by Gasteiger charge is 2.43. The second kappa shape index (κ2) is 7.09. The Balaban J connectivity index is 1.89. The average Bonchev–Trinajstić information content (AvgIpc) is 3.39. The number of hydrogen-bond donors (Lipinski definition) is 2. The number of anilines is 1. The van der Waals surface area contributed by atoms with Crippen molar-refractivity contribution in [3.05, 3.63) is 37.8 Å². The van der Waals surface area contributed by atoms with Crippen LogP contribution >= 0.6 is 0 Å². The first-order valence-electron chi connectivity index (χ1n) is 9.70. The first-order chi connectivity index (χ1) is 14.0. The third kappa shape index (κ3) is 3.39. The van der Waals surface area contributed by atoms with E-state index in [1.165, 1.54) is 16.4 Å². The van der Waals surface area contributed by atoms with Gasteiger partial charge in [0.1, 0.15) is 0 Å². The second-order valence-corrected chi connectivity index (χ2v) is 8.00. The van der Waals surface area contributed by atoms with Crippen LogP contribution in [0.1, 0.15) is 30.0 Å². The van der Waals surface area contributed by atoms with Crippen molar-refractivity contribution >= 4 is 16.6 Å². The maximum absolute atomic E-state index is 15.4. The lowest BCUT2D eigenvalue weighted by molar-refractivity contribution is -0.343. The molecule has 1 saturated carbocycles. The molecule has 0 amide bonds. The largest absolute Gasteiger partial charge is 0.522 e. The van der Waals surface area contributed by atoms with Crippen molar-refractivity contribution < 1.29 is 22.3 Å². The number of rotatable bonds is 4. The molecule has 3 N–H and O–H groups in total. The first-order valence-corrected chi connectivity index (χ1v) is 9.70. The zero-order valence-corrected chi connectivity index (χ0v) is 16.5. The van der Waals surface area contributed by atoms with Gasteiger partial charge in [0.2, 0.25) is 0 Å². The smallest absolute Gasteiger partial charge is 0.366 e. The lowest BCUT2D eigenvalue weighted by atomic mass is 10.0. The van der Waals surface area contributed by atoms with Crippen molar-refractivity contribution in [3.63, 3.8) is 0 Å². The Morgan fingerprint density at radius 1 is 1.17 bits per heavy atom. The van der Waals surface area contributed by atoms with Gasteiger partial charge in [-0.3, -0.25) is 19.1 Å². The van der Waals surface area contributed by atoms with Crippen molar-refractivity contribution in [1.29, 1.82) is 0 Å².